The van der Waals surface area contributed by atoms with Gasteiger partial charge in [0.2, 0.25) is 21.8 Å². The third kappa shape index (κ3) is 3.35. The molecule has 0 atom stereocenters. The highest BCUT2D eigenvalue weighted by atomic mass is 32.2. The van der Waals surface area contributed by atoms with Crippen LogP contribution < -0.4 is 0 Å². The lowest BCUT2D eigenvalue weighted by Crippen LogP contribution is -2.38. The van der Waals surface area contributed by atoms with Crippen LogP contribution in [0.5, 0.6) is 0 Å². The fourth-order valence-corrected chi connectivity index (χ4v) is 5.05. The number of hydrogen-bond acceptors (Lipinski definition) is 6. The second-order valence-electron chi connectivity index (χ2n) is 7.14. The van der Waals surface area contributed by atoms with Crippen LogP contribution in [0.3, 0.4) is 0 Å². The lowest BCUT2D eigenvalue weighted by Gasteiger charge is -2.29. The Morgan fingerprint density at radius 1 is 1.11 bits per heavy atom. The van der Waals surface area contributed by atoms with E-state index in [-0.39, 0.29) is 16.7 Å². The molecule has 0 amide bonds. The van der Waals surface area contributed by atoms with Crippen molar-refractivity contribution >= 4 is 20.9 Å². The van der Waals surface area contributed by atoms with E-state index in [0.29, 0.717) is 43.2 Å². The average Bonchev–Trinajstić information content (AvgIpc) is 3.18. The predicted molar refractivity (Wildman–Crippen MR) is 101 cm³/mol. The van der Waals surface area contributed by atoms with Gasteiger partial charge < -0.3 is 4.42 Å². The van der Waals surface area contributed by atoms with Crippen LogP contribution in [0.2, 0.25) is 0 Å². The molecule has 3 aromatic rings. The second kappa shape index (κ2) is 7.01. The van der Waals surface area contributed by atoms with Gasteiger partial charge in [0.1, 0.15) is 4.90 Å². The van der Waals surface area contributed by atoms with E-state index < -0.39 is 10.0 Å². The summed E-state index contributed by atoms with van der Waals surface area (Å²) in [6.07, 6.45) is 2.95. The highest BCUT2D eigenvalue weighted by molar-refractivity contribution is 7.89. The molecule has 0 aliphatic carbocycles. The van der Waals surface area contributed by atoms with Crippen LogP contribution >= 0.6 is 0 Å². The molecule has 0 N–H and O–H groups in total. The molecule has 142 valence electrons. The fourth-order valence-electron chi connectivity index (χ4n) is 3.41. The first-order valence-electron chi connectivity index (χ1n) is 9.14. The van der Waals surface area contributed by atoms with Crippen LogP contribution in [0.25, 0.3) is 10.9 Å². The maximum absolute atomic E-state index is 13.2. The van der Waals surface area contributed by atoms with Gasteiger partial charge in [0.15, 0.2) is 0 Å². The van der Waals surface area contributed by atoms with Crippen LogP contribution in [0.4, 0.5) is 0 Å². The Hall–Kier alpha value is -2.32. The zero-order chi connectivity index (χ0) is 19.0. The van der Waals surface area contributed by atoms with E-state index in [4.69, 9.17) is 4.42 Å². The molecule has 0 spiro atoms. The van der Waals surface area contributed by atoms with E-state index in [2.05, 4.69) is 15.2 Å². The Labute approximate surface area is 158 Å². The average molecular weight is 386 g/mol. The van der Waals surface area contributed by atoms with Gasteiger partial charge in [0.25, 0.3) is 0 Å². The van der Waals surface area contributed by atoms with Crippen molar-refractivity contribution in [1.82, 2.24) is 19.5 Å². The molecule has 1 aromatic carbocycles. The van der Waals surface area contributed by atoms with Crippen molar-refractivity contribution in [2.24, 2.45) is 0 Å². The van der Waals surface area contributed by atoms with Crippen molar-refractivity contribution in [3.8, 4) is 0 Å². The maximum Gasteiger partial charge on any atom is 0.245 e. The van der Waals surface area contributed by atoms with Gasteiger partial charge in [-0.1, -0.05) is 32.0 Å². The van der Waals surface area contributed by atoms with E-state index in [1.165, 1.54) is 4.31 Å². The van der Waals surface area contributed by atoms with Crippen molar-refractivity contribution in [1.29, 1.82) is 0 Å². The van der Waals surface area contributed by atoms with Gasteiger partial charge in [-0.05, 0) is 25.0 Å². The van der Waals surface area contributed by atoms with E-state index in [1.54, 1.807) is 24.4 Å². The lowest BCUT2D eigenvalue weighted by molar-refractivity contribution is 0.285. The molecule has 0 radical (unpaired) electrons. The van der Waals surface area contributed by atoms with Crippen molar-refractivity contribution in [2.75, 3.05) is 13.1 Å². The lowest BCUT2D eigenvalue weighted by atomic mass is 9.98. The van der Waals surface area contributed by atoms with Crippen LogP contribution in [0.15, 0.2) is 45.8 Å². The normalized spacial score (nSPS) is 17.0. The fraction of sp³-hybridized carbons (Fsp3) is 0.421. The third-order valence-electron chi connectivity index (χ3n) is 4.97. The highest BCUT2D eigenvalue weighted by Gasteiger charge is 2.33. The Kier molecular flexibility index (Phi) is 4.69. The molecule has 2 aromatic heterocycles. The molecule has 1 aliphatic heterocycles. The number of piperidine rings is 1. The van der Waals surface area contributed by atoms with E-state index >= 15 is 0 Å². The molecule has 0 bridgehead atoms. The summed E-state index contributed by atoms with van der Waals surface area (Å²) in [7, 11) is -3.60. The Balaban J connectivity index is 1.54. The highest BCUT2D eigenvalue weighted by Crippen LogP contribution is 2.32. The number of aromatic nitrogens is 3. The molecule has 4 rings (SSSR count). The molecule has 0 unspecified atom stereocenters. The van der Waals surface area contributed by atoms with Crippen LogP contribution in [-0.2, 0) is 10.0 Å². The van der Waals surface area contributed by atoms with Crippen LogP contribution in [0, 0.1) is 0 Å². The van der Waals surface area contributed by atoms with Crippen molar-refractivity contribution < 1.29 is 12.8 Å². The summed E-state index contributed by atoms with van der Waals surface area (Å²) in [6.45, 7) is 4.86. The first-order valence-corrected chi connectivity index (χ1v) is 10.6. The summed E-state index contributed by atoms with van der Waals surface area (Å²) < 4.78 is 33.6. The molecule has 8 heteroatoms. The van der Waals surface area contributed by atoms with Gasteiger partial charge in [-0.3, -0.25) is 4.98 Å². The summed E-state index contributed by atoms with van der Waals surface area (Å²) in [5.41, 5.74) is 0.514. The number of rotatable bonds is 4. The topological polar surface area (TPSA) is 89.2 Å². The van der Waals surface area contributed by atoms with Gasteiger partial charge >= 0.3 is 0 Å². The minimum absolute atomic E-state index is 0.0992. The molecule has 27 heavy (non-hydrogen) atoms. The van der Waals surface area contributed by atoms with E-state index in [0.717, 1.165) is 5.39 Å². The van der Waals surface area contributed by atoms with Gasteiger partial charge in [-0.25, -0.2) is 8.42 Å². The standard InChI is InChI=1S/C19H22N4O3S/c1-13(2)18-21-22-19(26-18)15-8-11-23(12-9-15)27(24,25)16-7-3-5-14-6-4-10-20-17(14)16/h3-7,10,13,15H,8-9,11-12H2,1-2H3. The quantitative estimate of drug-likeness (QED) is 0.683. The molecular weight excluding hydrogens is 364 g/mol. The number of pyridine rings is 1. The van der Waals surface area contributed by atoms with Crippen molar-refractivity contribution in [2.45, 2.75) is 43.4 Å². The van der Waals surface area contributed by atoms with E-state index in [1.807, 2.05) is 26.0 Å². The SMILES string of the molecule is CC(C)c1nnc(C2CCN(S(=O)(=O)c3cccc4cccnc34)CC2)o1. The summed E-state index contributed by atoms with van der Waals surface area (Å²) in [6, 6.07) is 8.93. The number of benzene rings is 1. The summed E-state index contributed by atoms with van der Waals surface area (Å²) in [5.74, 6) is 1.53. The molecular formula is C19H22N4O3S. The van der Waals surface area contributed by atoms with Gasteiger partial charge in [-0.15, -0.1) is 10.2 Å². The van der Waals surface area contributed by atoms with Crippen LogP contribution in [-0.4, -0.2) is 41.0 Å². The summed E-state index contributed by atoms with van der Waals surface area (Å²) in [4.78, 5) is 4.55. The smallest absolute Gasteiger partial charge is 0.245 e. The zero-order valence-electron chi connectivity index (χ0n) is 15.4. The molecule has 7 nitrogen and oxygen atoms in total. The largest absolute Gasteiger partial charge is 0.425 e. The second-order valence-corrected chi connectivity index (χ2v) is 9.05. The van der Waals surface area contributed by atoms with Crippen LogP contribution in [0.1, 0.15) is 50.3 Å². The molecule has 1 fully saturated rings. The number of nitrogens with zero attached hydrogens (tertiary/aromatic N) is 4. The summed E-state index contributed by atoms with van der Waals surface area (Å²) >= 11 is 0. The molecule has 1 saturated heterocycles. The number of fused-ring (bicyclic) bond motifs is 1. The zero-order valence-corrected chi connectivity index (χ0v) is 16.2. The monoisotopic (exact) mass is 386 g/mol. The van der Waals surface area contributed by atoms with Crippen molar-refractivity contribution in [3.05, 3.63) is 48.3 Å². The summed E-state index contributed by atoms with van der Waals surface area (Å²) in [5, 5.41) is 9.06. The minimum atomic E-state index is -3.60. The minimum Gasteiger partial charge on any atom is -0.425 e. The predicted octanol–water partition coefficient (Wildman–Crippen LogP) is 3.31. The number of sulfonamides is 1. The Morgan fingerprint density at radius 2 is 1.85 bits per heavy atom. The molecule has 3 heterocycles. The van der Waals surface area contributed by atoms with Gasteiger partial charge in [-0.2, -0.15) is 4.31 Å². The van der Waals surface area contributed by atoms with E-state index in [9.17, 15) is 8.42 Å². The maximum atomic E-state index is 13.2. The van der Waals surface area contributed by atoms with Gasteiger partial charge in [0, 0.05) is 36.5 Å². The first-order chi connectivity index (χ1) is 13.0. The van der Waals surface area contributed by atoms with Gasteiger partial charge in [0.05, 0.1) is 5.52 Å². The number of hydrogen-bond donors (Lipinski definition) is 0. The molecule has 0 saturated carbocycles. The van der Waals surface area contributed by atoms with Crippen molar-refractivity contribution in [3.63, 3.8) is 0 Å². The third-order valence-corrected chi connectivity index (χ3v) is 6.90. The Bertz CT molecular complexity index is 1050. The molecule has 1 aliphatic rings. The Morgan fingerprint density at radius 3 is 2.56 bits per heavy atom. The first kappa shape index (κ1) is 18.1. The number of para-hydroxylation sites is 1.